The summed E-state index contributed by atoms with van der Waals surface area (Å²) in [5.41, 5.74) is 3.43. The Bertz CT molecular complexity index is 1290. The van der Waals surface area contributed by atoms with E-state index in [1.807, 2.05) is 35.9 Å². The number of carbonyl (C=O) groups excluding carboxylic acids is 1. The summed E-state index contributed by atoms with van der Waals surface area (Å²) >= 11 is 5.83. The smallest absolute Gasteiger partial charge is 0.312 e. The maximum absolute atomic E-state index is 13.3. The van der Waals surface area contributed by atoms with Gasteiger partial charge in [-0.25, -0.2) is 4.68 Å². The van der Waals surface area contributed by atoms with E-state index in [0.717, 1.165) is 50.0 Å². The van der Waals surface area contributed by atoms with Crippen LogP contribution in [-0.2, 0) is 20.4 Å². The van der Waals surface area contributed by atoms with E-state index in [-0.39, 0.29) is 27.6 Å². The molecule has 7 heteroatoms. The maximum atomic E-state index is 13.3. The molecule has 6 rings (SSSR count). The first kappa shape index (κ1) is 25.8. The molecule has 1 aromatic carbocycles. The van der Waals surface area contributed by atoms with Gasteiger partial charge in [0.25, 0.3) is 0 Å². The first-order valence-electron chi connectivity index (χ1n) is 14.3. The van der Waals surface area contributed by atoms with Crippen molar-refractivity contribution in [2.45, 2.75) is 89.9 Å². The number of nitrogens with zero attached hydrogens (tertiary/aromatic N) is 2. The molecule has 0 amide bonds. The van der Waals surface area contributed by atoms with Crippen LogP contribution in [-0.4, -0.2) is 34.6 Å². The summed E-state index contributed by atoms with van der Waals surface area (Å²) in [6.07, 6.45) is 11.1. The Hall–Kier alpha value is -2.41. The van der Waals surface area contributed by atoms with E-state index in [0.29, 0.717) is 23.6 Å². The fraction of sp³-hybridized carbons (Fsp3) is 0.645. The lowest BCUT2D eigenvalue weighted by Crippen LogP contribution is -2.60. The van der Waals surface area contributed by atoms with E-state index in [4.69, 9.17) is 26.8 Å². The van der Waals surface area contributed by atoms with Gasteiger partial charge < -0.3 is 14.8 Å². The Morgan fingerprint density at radius 3 is 2.71 bits per heavy atom. The number of fused-ring (bicyclic) bond motifs is 5. The molecule has 0 aliphatic heterocycles. The third-order valence-corrected chi connectivity index (χ3v) is 11.4. The number of ether oxygens (including phenoxy) is 2. The summed E-state index contributed by atoms with van der Waals surface area (Å²) in [5, 5.41) is 9.08. The van der Waals surface area contributed by atoms with Crippen LogP contribution in [0.4, 0.5) is 5.69 Å². The van der Waals surface area contributed by atoms with Gasteiger partial charge in [0, 0.05) is 34.3 Å². The highest BCUT2D eigenvalue weighted by molar-refractivity contribution is 7.80. The van der Waals surface area contributed by atoms with Crippen LogP contribution in [0.3, 0.4) is 0 Å². The van der Waals surface area contributed by atoms with Gasteiger partial charge >= 0.3 is 5.97 Å². The van der Waals surface area contributed by atoms with Crippen molar-refractivity contribution in [1.82, 2.24) is 9.78 Å². The lowest BCUT2D eigenvalue weighted by Gasteiger charge is -2.64. The van der Waals surface area contributed by atoms with Crippen LogP contribution in [0.1, 0.15) is 90.3 Å². The average Bonchev–Trinajstić information content (AvgIpc) is 3.41. The first-order valence-corrected chi connectivity index (χ1v) is 14.7. The maximum Gasteiger partial charge on any atom is 0.312 e. The first-order chi connectivity index (χ1) is 18.1. The number of rotatable bonds is 4. The van der Waals surface area contributed by atoms with Crippen molar-refractivity contribution < 1.29 is 14.3 Å². The Morgan fingerprint density at radius 1 is 1.16 bits per heavy atom. The van der Waals surface area contributed by atoms with Crippen molar-refractivity contribution in [1.29, 1.82) is 0 Å². The molecule has 4 aliphatic carbocycles. The highest BCUT2D eigenvalue weighted by Gasteiger charge is 2.68. The Balaban J connectivity index is 1.35. The number of hydrogen-bond acceptors (Lipinski definition) is 5. The lowest BCUT2D eigenvalue weighted by molar-refractivity contribution is -0.180. The summed E-state index contributed by atoms with van der Waals surface area (Å²) < 4.78 is 12.9. The topological polar surface area (TPSA) is 65.4 Å². The molecule has 3 fully saturated rings. The molecule has 1 aromatic heterocycles. The SMILES string of the molecule is CCOC(=O)[C@]1(C)CCC[C@@]2(C)[C@@H]3CC[C@@]4(C)C[C@]3(CC[C@@H]21)c1cn(C(=S)Nc2cccc(OC)c2)nc14. The molecule has 4 aliphatic rings. The van der Waals surface area contributed by atoms with E-state index < -0.39 is 0 Å². The van der Waals surface area contributed by atoms with Gasteiger partial charge in [0.2, 0.25) is 0 Å². The molecule has 2 aromatic rings. The van der Waals surface area contributed by atoms with Gasteiger partial charge in [-0.05, 0) is 100 Å². The number of benzene rings is 1. The van der Waals surface area contributed by atoms with Gasteiger partial charge in [-0.3, -0.25) is 4.79 Å². The minimum Gasteiger partial charge on any atom is -0.497 e. The van der Waals surface area contributed by atoms with E-state index in [2.05, 4.69) is 32.3 Å². The van der Waals surface area contributed by atoms with Crippen molar-refractivity contribution in [3.63, 3.8) is 0 Å². The number of aromatic nitrogens is 2. The fourth-order valence-electron chi connectivity index (χ4n) is 9.58. The largest absolute Gasteiger partial charge is 0.497 e. The zero-order chi connectivity index (χ0) is 26.9. The number of nitrogens with one attached hydrogen (secondary N) is 1. The van der Waals surface area contributed by atoms with Crippen LogP contribution in [0, 0.1) is 22.7 Å². The minimum atomic E-state index is -0.390. The predicted molar refractivity (Wildman–Crippen MR) is 153 cm³/mol. The number of esters is 1. The number of thiocarbonyl (C=S) groups is 1. The highest BCUT2D eigenvalue weighted by Crippen LogP contribution is 2.72. The quantitative estimate of drug-likeness (QED) is 0.351. The van der Waals surface area contributed by atoms with Crippen LogP contribution < -0.4 is 10.1 Å². The molecule has 204 valence electrons. The summed E-state index contributed by atoms with van der Waals surface area (Å²) in [6.45, 7) is 9.48. The van der Waals surface area contributed by atoms with Gasteiger partial charge in [-0.1, -0.05) is 26.3 Å². The molecule has 3 saturated carbocycles. The van der Waals surface area contributed by atoms with Gasteiger partial charge in [0.15, 0.2) is 5.11 Å². The zero-order valence-electron chi connectivity index (χ0n) is 23.4. The average molecular weight is 536 g/mol. The minimum absolute atomic E-state index is 0.0152. The van der Waals surface area contributed by atoms with Gasteiger partial charge in [-0.15, -0.1) is 0 Å². The van der Waals surface area contributed by atoms with E-state index in [9.17, 15) is 4.79 Å². The molecular formula is C31H41N3O3S. The van der Waals surface area contributed by atoms with Gasteiger partial charge in [0.1, 0.15) is 5.75 Å². The normalized spacial score (nSPS) is 37.0. The molecule has 1 N–H and O–H groups in total. The fourth-order valence-corrected chi connectivity index (χ4v) is 9.79. The second-order valence-corrected chi connectivity index (χ2v) is 13.5. The standard InChI is InChI=1S/C31H41N3O3S/c1-6-37-26(35)30(4)14-8-13-29(3)23(30)12-16-31-19-28(2,15-11-24(29)31)25-22(31)18-34(33-25)27(38)32-20-9-7-10-21(17-20)36-5/h7,9-10,17-18,23-24H,6,8,11-16,19H2,1-5H3,(H,32,38)/t23-,24-,28-,29+,30+,31+/m0/s1. The summed E-state index contributed by atoms with van der Waals surface area (Å²) in [6, 6.07) is 7.81. The molecule has 0 unspecified atom stereocenters. The number of methoxy groups -OCH3 is 1. The number of carbonyl (C=O) groups is 1. The monoisotopic (exact) mass is 535 g/mol. The molecule has 2 bridgehead atoms. The molecule has 6 nitrogen and oxygen atoms in total. The predicted octanol–water partition coefficient (Wildman–Crippen LogP) is 6.62. The van der Waals surface area contributed by atoms with Gasteiger partial charge in [0.05, 0.1) is 24.8 Å². The van der Waals surface area contributed by atoms with E-state index in [1.54, 1.807) is 7.11 Å². The summed E-state index contributed by atoms with van der Waals surface area (Å²) in [4.78, 5) is 13.3. The van der Waals surface area contributed by atoms with Crippen LogP contribution in [0.2, 0.25) is 0 Å². The molecule has 1 spiro atoms. The third-order valence-electron chi connectivity index (χ3n) is 11.1. The highest BCUT2D eigenvalue weighted by atomic mass is 32.1. The molecular weight excluding hydrogens is 494 g/mol. The lowest BCUT2D eigenvalue weighted by atomic mass is 9.40. The third kappa shape index (κ3) is 3.53. The van der Waals surface area contributed by atoms with Crippen LogP contribution in [0.5, 0.6) is 5.75 Å². The van der Waals surface area contributed by atoms with E-state index >= 15 is 0 Å². The molecule has 1 heterocycles. The van der Waals surface area contributed by atoms with Crippen LogP contribution in [0.25, 0.3) is 0 Å². The molecule has 6 atom stereocenters. The van der Waals surface area contributed by atoms with Crippen LogP contribution in [0.15, 0.2) is 30.5 Å². The van der Waals surface area contributed by atoms with Crippen LogP contribution >= 0.6 is 12.2 Å². The van der Waals surface area contributed by atoms with E-state index in [1.165, 1.54) is 24.1 Å². The Morgan fingerprint density at radius 2 is 1.95 bits per heavy atom. The second kappa shape index (κ2) is 8.80. The molecule has 38 heavy (non-hydrogen) atoms. The van der Waals surface area contributed by atoms with Crippen molar-refractivity contribution in [2.24, 2.45) is 22.7 Å². The summed E-state index contributed by atoms with van der Waals surface area (Å²) in [5.74, 6) is 1.70. The number of hydrogen-bond donors (Lipinski definition) is 1. The van der Waals surface area contributed by atoms with Crippen molar-refractivity contribution in [3.8, 4) is 5.75 Å². The number of anilines is 1. The van der Waals surface area contributed by atoms with Crippen molar-refractivity contribution in [3.05, 3.63) is 41.7 Å². The second-order valence-electron chi connectivity index (χ2n) is 13.1. The van der Waals surface area contributed by atoms with Crippen molar-refractivity contribution in [2.75, 3.05) is 19.0 Å². The molecule has 0 radical (unpaired) electrons. The Kier molecular flexibility index (Phi) is 5.99. The summed E-state index contributed by atoms with van der Waals surface area (Å²) in [7, 11) is 1.67. The Labute approximate surface area is 231 Å². The zero-order valence-corrected chi connectivity index (χ0v) is 24.2. The molecule has 0 saturated heterocycles. The van der Waals surface area contributed by atoms with Gasteiger partial charge in [-0.2, -0.15) is 5.10 Å². The van der Waals surface area contributed by atoms with Crippen molar-refractivity contribution >= 4 is 29.0 Å².